The van der Waals surface area contributed by atoms with Crippen LogP contribution >= 0.6 is 0 Å². The molecule has 18 heavy (non-hydrogen) atoms. The first-order chi connectivity index (χ1) is 8.12. The van der Waals surface area contributed by atoms with Crippen LogP contribution in [0.1, 0.15) is 20.3 Å². The van der Waals surface area contributed by atoms with E-state index in [2.05, 4.69) is 0 Å². The number of nitrogens with zero attached hydrogens (tertiary/aromatic N) is 2. The molecule has 1 heterocycles. The van der Waals surface area contributed by atoms with Gasteiger partial charge in [-0.15, -0.1) is 0 Å². The molecule has 7 heteroatoms. The molecule has 0 spiro atoms. The van der Waals surface area contributed by atoms with Crippen LogP contribution in [0.2, 0.25) is 0 Å². The summed E-state index contributed by atoms with van der Waals surface area (Å²) in [5.74, 6) is -1.42. The van der Waals surface area contributed by atoms with Crippen molar-refractivity contribution in [1.29, 1.82) is 0 Å². The Morgan fingerprint density at radius 2 is 1.78 bits per heavy atom. The molecule has 0 amide bonds. The normalized spacial score (nSPS) is 29.2. The molecule has 106 valence electrons. The van der Waals surface area contributed by atoms with E-state index in [4.69, 9.17) is 5.11 Å². The zero-order chi connectivity index (χ0) is 14.1. The minimum absolute atomic E-state index is 0.0209. The Morgan fingerprint density at radius 3 is 2.11 bits per heavy atom. The van der Waals surface area contributed by atoms with Gasteiger partial charge in [0.2, 0.25) is 0 Å². The molecule has 1 aliphatic rings. The van der Waals surface area contributed by atoms with E-state index in [0.29, 0.717) is 0 Å². The molecule has 4 nitrogen and oxygen atoms in total. The highest BCUT2D eigenvalue weighted by Crippen LogP contribution is 2.29. The minimum Gasteiger partial charge on any atom is -0.481 e. The Bertz CT molecular complexity index is 297. The average molecular weight is 268 g/mol. The van der Waals surface area contributed by atoms with E-state index in [0.717, 1.165) is 0 Å². The minimum atomic E-state index is -4.51. The highest BCUT2D eigenvalue weighted by atomic mass is 19.4. The summed E-state index contributed by atoms with van der Waals surface area (Å²) in [6.07, 6.45) is -5.40. The number of aliphatic carboxylic acids is 1. The van der Waals surface area contributed by atoms with Crippen LogP contribution in [0.25, 0.3) is 0 Å². The van der Waals surface area contributed by atoms with Gasteiger partial charge in [0.15, 0.2) is 0 Å². The van der Waals surface area contributed by atoms with Crippen LogP contribution < -0.4 is 0 Å². The molecule has 0 radical (unpaired) electrons. The van der Waals surface area contributed by atoms with Gasteiger partial charge in [0.05, 0.1) is 6.42 Å². The summed E-state index contributed by atoms with van der Waals surface area (Å²) < 4.78 is 38.7. The number of carboxylic acids is 1. The fourth-order valence-corrected chi connectivity index (χ4v) is 2.32. The van der Waals surface area contributed by atoms with Crippen LogP contribution in [0, 0.1) is 0 Å². The second kappa shape index (κ2) is 5.44. The van der Waals surface area contributed by atoms with Crippen molar-refractivity contribution in [2.24, 2.45) is 0 Å². The first-order valence-corrected chi connectivity index (χ1v) is 5.87. The third-order valence-electron chi connectivity index (χ3n) is 3.57. The summed E-state index contributed by atoms with van der Waals surface area (Å²) in [4.78, 5) is 13.8. The molecule has 1 saturated heterocycles. The summed E-state index contributed by atoms with van der Waals surface area (Å²) in [6, 6.07) is -1.94. The van der Waals surface area contributed by atoms with Gasteiger partial charge in [-0.05, 0) is 20.9 Å². The van der Waals surface area contributed by atoms with E-state index >= 15 is 0 Å². The van der Waals surface area contributed by atoms with Gasteiger partial charge in [-0.2, -0.15) is 13.2 Å². The van der Waals surface area contributed by atoms with E-state index < -0.39 is 24.6 Å². The molecule has 3 atom stereocenters. The summed E-state index contributed by atoms with van der Waals surface area (Å²) in [7, 11) is 1.87. The zero-order valence-electron chi connectivity index (χ0n) is 10.7. The number of hydrogen-bond acceptors (Lipinski definition) is 3. The van der Waals surface area contributed by atoms with E-state index in [9.17, 15) is 18.0 Å². The van der Waals surface area contributed by atoms with Crippen molar-refractivity contribution >= 4 is 5.97 Å². The van der Waals surface area contributed by atoms with Gasteiger partial charge in [-0.1, -0.05) is 0 Å². The standard InChI is InChI=1S/C11H19F3N2O2/c1-7-5-16(6-8(2)15(7)3)9(4-10(17)18)11(12,13)14/h7-9H,4-6H2,1-3H3,(H,17,18). The molecule has 1 fully saturated rings. The fraction of sp³-hybridized carbons (Fsp3) is 0.909. The molecule has 0 aliphatic carbocycles. The Balaban J connectivity index is 2.83. The number of piperazine rings is 1. The second-order valence-electron chi connectivity index (χ2n) is 4.97. The predicted octanol–water partition coefficient (Wildman–Crippen LogP) is 1.42. The van der Waals surface area contributed by atoms with Gasteiger partial charge in [0.25, 0.3) is 0 Å². The molecule has 0 saturated carbocycles. The van der Waals surface area contributed by atoms with Gasteiger partial charge < -0.3 is 5.11 Å². The number of rotatable bonds is 3. The average Bonchev–Trinajstić information content (AvgIpc) is 2.20. The molecule has 3 unspecified atom stereocenters. The number of likely N-dealkylation sites (N-methyl/N-ethyl adjacent to an activating group) is 1. The van der Waals surface area contributed by atoms with Crippen molar-refractivity contribution in [3.8, 4) is 0 Å². The highest BCUT2D eigenvalue weighted by Gasteiger charge is 2.46. The summed E-state index contributed by atoms with van der Waals surface area (Å²) in [5, 5.41) is 8.62. The fourth-order valence-electron chi connectivity index (χ4n) is 2.32. The predicted molar refractivity (Wildman–Crippen MR) is 60.4 cm³/mol. The lowest BCUT2D eigenvalue weighted by Gasteiger charge is -2.45. The molecule has 0 aromatic rings. The van der Waals surface area contributed by atoms with Crippen molar-refractivity contribution in [3.63, 3.8) is 0 Å². The second-order valence-corrected chi connectivity index (χ2v) is 4.97. The maximum atomic E-state index is 12.9. The molecule has 0 aromatic carbocycles. The molecular weight excluding hydrogens is 249 g/mol. The topological polar surface area (TPSA) is 43.8 Å². The van der Waals surface area contributed by atoms with Crippen molar-refractivity contribution in [2.45, 2.75) is 44.6 Å². The zero-order valence-corrected chi connectivity index (χ0v) is 10.7. The van der Waals surface area contributed by atoms with Crippen LogP contribution in [0.5, 0.6) is 0 Å². The Kier molecular flexibility index (Phi) is 4.61. The first kappa shape index (κ1) is 15.2. The first-order valence-electron chi connectivity index (χ1n) is 5.87. The van der Waals surface area contributed by atoms with Crippen LogP contribution in [0.4, 0.5) is 13.2 Å². The van der Waals surface area contributed by atoms with Crippen molar-refractivity contribution < 1.29 is 23.1 Å². The molecule has 1 N–H and O–H groups in total. The Labute approximate surface area is 104 Å². The third kappa shape index (κ3) is 3.58. The van der Waals surface area contributed by atoms with Gasteiger partial charge in [0, 0.05) is 25.2 Å². The summed E-state index contributed by atoms with van der Waals surface area (Å²) in [5.41, 5.74) is 0. The van der Waals surface area contributed by atoms with Crippen LogP contribution in [-0.4, -0.2) is 65.3 Å². The van der Waals surface area contributed by atoms with E-state index in [1.165, 1.54) is 4.90 Å². The quantitative estimate of drug-likeness (QED) is 0.840. The molecular formula is C11H19F3N2O2. The molecule has 1 rings (SSSR count). The number of carbonyl (C=O) groups is 1. The van der Waals surface area contributed by atoms with Gasteiger partial charge in [-0.25, -0.2) is 0 Å². The molecule has 0 bridgehead atoms. The highest BCUT2D eigenvalue weighted by molar-refractivity contribution is 5.67. The maximum absolute atomic E-state index is 12.9. The van der Waals surface area contributed by atoms with Gasteiger partial charge in [0.1, 0.15) is 6.04 Å². The smallest absolute Gasteiger partial charge is 0.404 e. The van der Waals surface area contributed by atoms with Gasteiger partial charge in [-0.3, -0.25) is 14.6 Å². The number of hydrogen-bond donors (Lipinski definition) is 1. The summed E-state index contributed by atoms with van der Waals surface area (Å²) in [6.45, 7) is 4.16. The Hall–Kier alpha value is -0.820. The molecule has 0 aromatic heterocycles. The Morgan fingerprint density at radius 1 is 1.33 bits per heavy atom. The third-order valence-corrected chi connectivity index (χ3v) is 3.57. The lowest BCUT2D eigenvalue weighted by atomic mass is 10.0. The van der Waals surface area contributed by atoms with E-state index in [-0.39, 0.29) is 25.2 Å². The van der Waals surface area contributed by atoms with Crippen LogP contribution in [-0.2, 0) is 4.79 Å². The lowest BCUT2D eigenvalue weighted by Crippen LogP contribution is -2.60. The largest absolute Gasteiger partial charge is 0.481 e. The van der Waals surface area contributed by atoms with Crippen LogP contribution in [0.3, 0.4) is 0 Å². The van der Waals surface area contributed by atoms with Crippen molar-refractivity contribution in [1.82, 2.24) is 9.80 Å². The lowest BCUT2D eigenvalue weighted by molar-refractivity contribution is -0.197. The monoisotopic (exact) mass is 268 g/mol. The summed E-state index contributed by atoms with van der Waals surface area (Å²) >= 11 is 0. The number of alkyl halides is 3. The number of carboxylic acid groups (broad SMARTS) is 1. The van der Waals surface area contributed by atoms with Crippen molar-refractivity contribution in [3.05, 3.63) is 0 Å². The van der Waals surface area contributed by atoms with Gasteiger partial charge >= 0.3 is 12.1 Å². The van der Waals surface area contributed by atoms with E-state index in [1.54, 1.807) is 0 Å². The van der Waals surface area contributed by atoms with E-state index in [1.807, 2.05) is 25.8 Å². The number of halogens is 3. The van der Waals surface area contributed by atoms with Crippen molar-refractivity contribution in [2.75, 3.05) is 20.1 Å². The molecule has 1 aliphatic heterocycles. The van der Waals surface area contributed by atoms with Crippen LogP contribution in [0.15, 0.2) is 0 Å². The maximum Gasteiger partial charge on any atom is 0.404 e. The SMILES string of the molecule is CC1CN(C(CC(=O)O)C(F)(F)F)CC(C)N1C.